The SMILES string of the molecule is CCOC(=O)c1c(NC(=O)[C@@H](Sc2ccccc2)c2ccccc2)sc2c1CC[C@@H](C(C)(C)C)C2. The van der Waals surface area contributed by atoms with Crippen molar-refractivity contribution < 1.29 is 14.3 Å². The van der Waals surface area contributed by atoms with Gasteiger partial charge in [-0.1, -0.05) is 69.3 Å². The third kappa shape index (κ3) is 5.99. The van der Waals surface area contributed by atoms with Crippen LogP contribution >= 0.6 is 23.1 Å². The van der Waals surface area contributed by atoms with Crippen LogP contribution in [0.3, 0.4) is 0 Å². The van der Waals surface area contributed by atoms with Crippen LogP contribution in [0.1, 0.15) is 65.7 Å². The van der Waals surface area contributed by atoms with Crippen molar-refractivity contribution in [2.45, 2.75) is 57.1 Å². The molecule has 3 aromatic rings. The highest BCUT2D eigenvalue weighted by atomic mass is 32.2. The van der Waals surface area contributed by atoms with Crippen molar-refractivity contribution >= 4 is 40.0 Å². The van der Waals surface area contributed by atoms with Gasteiger partial charge in [0.1, 0.15) is 10.3 Å². The zero-order chi connectivity index (χ0) is 25.0. The maximum atomic E-state index is 13.7. The number of rotatable bonds is 7. The molecule has 184 valence electrons. The highest BCUT2D eigenvalue weighted by molar-refractivity contribution is 8.00. The van der Waals surface area contributed by atoms with E-state index in [1.165, 1.54) is 16.6 Å². The second-order valence-electron chi connectivity index (χ2n) is 9.95. The Labute approximate surface area is 216 Å². The van der Waals surface area contributed by atoms with E-state index >= 15 is 0 Å². The molecule has 6 heteroatoms. The molecule has 4 nitrogen and oxygen atoms in total. The number of amides is 1. The maximum absolute atomic E-state index is 13.7. The number of thiophene rings is 1. The summed E-state index contributed by atoms with van der Waals surface area (Å²) >= 11 is 3.05. The van der Waals surface area contributed by atoms with E-state index in [4.69, 9.17) is 4.74 Å². The van der Waals surface area contributed by atoms with Crippen LogP contribution in [0.25, 0.3) is 0 Å². The number of ether oxygens (including phenoxy) is 1. The molecule has 1 aliphatic rings. The zero-order valence-corrected chi connectivity index (χ0v) is 22.4. The number of anilines is 1. The molecule has 0 fully saturated rings. The molecule has 35 heavy (non-hydrogen) atoms. The van der Waals surface area contributed by atoms with Crippen molar-refractivity contribution in [1.82, 2.24) is 0 Å². The van der Waals surface area contributed by atoms with Gasteiger partial charge in [-0.2, -0.15) is 0 Å². The molecular weight excluding hydrogens is 474 g/mol. The Morgan fingerprint density at radius 2 is 1.74 bits per heavy atom. The summed E-state index contributed by atoms with van der Waals surface area (Å²) in [6.45, 7) is 8.94. The van der Waals surface area contributed by atoms with Crippen molar-refractivity contribution in [3.8, 4) is 0 Å². The molecule has 0 aliphatic heterocycles. The first-order chi connectivity index (χ1) is 16.8. The molecule has 2 aromatic carbocycles. The molecule has 1 N–H and O–H groups in total. The summed E-state index contributed by atoms with van der Waals surface area (Å²) in [7, 11) is 0. The van der Waals surface area contributed by atoms with Crippen molar-refractivity contribution in [3.63, 3.8) is 0 Å². The third-order valence-corrected chi connectivity index (χ3v) is 8.98. The maximum Gasteiger partial charge on any atom is 0.341 e. The van der Waals surface area contributed by atoms with Gasteiger partial charge < -0.3 is 10.1 Å². The Kier molecular flexibility index (Phi) is 8.02. The molecule has 0 radical (unpaired) electrons. The average molecular weight is 508 g/mol. The fourth-order valence-corrected chi connectivity index (χ4v) is 6.91. The van der Waals surface area contributed by atoms with Crippen molar-refractivity contribution in [1.29, 1.82) is 0 Å². The quantitative estimate of drug-likeness (QED) is 0.265. The van der Waals surface area contributed by atoms with E-state index in [9.17, 15) is 9.59 Å². The Morgan fingerprint density at radius 3 is 2.37 bits per heavy atom. The lowest BCUT2D eigenvalue weighted by Crippen LogP contribution is -2.26. The van der Waals surface area contributed by atoms with Crippen molar-refractivity contribution in [3.05, 3.63) is 82.2 Å². The van der Waals surface area contributed by atoms with Crippen molar-refractivity contribution in [2.75, 3.05) is 11.9 Å². The van der Waals surface area contributed by atoms with E-state index < -0.39 is 5.25 Å². The number of thioether (sulfide) groups is 1. The number of hydrogen-bond acceptors (Lipinski definition) is 5. The normalized spacial score (nSPS) is 16.3. The molecular formula is C29H33NO3S2. The summed E-state index contributed by atoms with van der Waals surface area (Å²) < 4.78 is 5.42. The Balaban J connectivity index is 1.67. The minimum atomic E-state index is -0.449. The van der Waals surface area contributed by atoms with E-state index in [1.54, 1.807) is 11.3 Å². The minimum absolute atomic E-state index is 0.137. The molecule has 4 rings (SSSR count). The van der Waals surface area contributed by atoms with Crippen LogP contribution < -0.4 is 5.32 Å². The van der Waals surface area contributed by atoms with Gasteiger partial charge in [-0.3, -0.25) is 4.79 Å². The lowest BCUT2D eigenvalue weighted by atomic mass is 9.72. The van der Waals surface area contributed by atoms with E-state index in [0.29, 0.717) is 23.1 Å². The Hall–Kier alpha value is -2.57. The molecule has 1 amide bonds. The van der Waals surface area contributed by atoms with Gasteiger partial charge in [-0.25, -0.2) is 4.79 Å². The number of carbonyl (C=O) groups excluding carboxylic acids is 2. The summed E-state index contributed by atoms with van der Waals surface area (Å²) in [5.41, 5.74) is 2.71. The standard InChI is InChI=1S/C29H33NO3S2/c1-5-33-28(32)24-22-17-16-20(29(2,3)4)18-23(22)35-27(24)30-26(31)25(19-12-8-6-9-13-19)34-21-14-10-7-11-15-21/h6-15,20,25H,5,16-18H2,1-4H3,(H,30,31)/t20-,25+/m1/s1. The molecule has 0 saturated carbocycles. The minimum Gasteiger partial charge on any atom is -0.462 e. The van der Waals surface area contributed by atoms with E-state index in [1.807, 2.05) is 67.6 Å². The van der Waals surface area contributed by atoms with Gasteiger partial charge in [0.2, 0.25) is 5.91 Å². The summed E-state index contributed by atoms with van der Waals surface area (Å²) in [5.74, 6) is 0.0565. The second kappa shape index (κ2) is 11.0. The van der Waals surface area contributed by atoms with E-state index in [0.717, 1.165) is 35.3 Å². The van der Waals surface area contributed by atoms with Gasteiger partial charge in [-0.15, -0.1) is 23.1 Å². The highest BCUT2D eigenvalue weighted by Gasteiger charge is 2.35. The van der Waals surface area contributed by atoms with Crippen LogP contribution in [0.5, 0.6) is 0 Å². The molecule has 0 spiro atoms. The van der Waals surface area contributed by atoms with Gasteiger partial charge in [0.05, 0.1) is 12.2 Å². The lowest BCUT2D eigenvalue weighted by Gasteiger charge is -2.33. The molecule has 0 bridgehead atoms. The smallest absolute Gasteiger partial charge is 0.341 e. The summed E-state index contributed by atoms with van der Waals surface area (Å²) in [4.78, 5) is 28.9. The number of hydrogen-bond donors (Lipinski definition) is 1. The topological polar surface area (TPSA) is 55.4 Å². The van der Waals surface area contributed by atoms with Gasteiger partial charge in [0.15, 0.2) is 0 Å². The van der Waals surface area contributed by atoms with Crippen molar-refractivity contribution in [2.24, 2.45) is 11.3 Å². The molecule has 1 heterocycles. The van der Waals surface area contributed by atoms with Crippen LogP contribution in [0.4, 0.5) is 5.00 Å². The largest absolute Gasteiger partial charge is 0.462 e. The van der Waals surface area contributed by atoms with Gasteiger partial charge in [0.25, 0.3) is 0 Å². The second-order valence-corrected chi connectivity index (χ2v) is 12.2. The molecule has 1 aliphatic carbocycles. The van der Waals surface area contributed by atoms with Crippen LogP contribution in [0, 0.1) is 11.3 Å². The molecule has 0 unspecified atom stereocenters. The summed E-state index contributed by atoms with van der Waals surface area (Å²) in [6.07, 6.45) is 2.79. The van der Waals surface area contributed by atoms with Gasteiger partial charge >= 0.3 is 5.97 Å². The fraction of sp³-hybridized carbons (Fsp3) is 0.379. The first kappa shape index (κ1) is 25.5. The number of fused-ring (bicyclic) bond motifs is 1. The Morgan fingerprint density at radius 1 is 1.09 bits per heavy atom. The average Bonchev–Trinajstić information content (AvgIpc) is 3.20. The summed E-state index contributed by atoms with van der Waals surface area (Å²) in [6, 6.07) is 19.7. The first-order valence-corrected chi connectivity index (χ1v) is 13.9. The van der Waals surface area contributed by atoms with Gasteiger partial charge in [-0.05, 0) is 60.8 Å². The lowest BCUT2D eigenvalue weighted by molar-refractivity contribution is -0.115. The number of esters is 1. The fourth-order valence-electron chi connectivity index (χ4n) is 4.55. The highest BCUT2D eigenvalue weighted by Crippen LogP contribution is 2.45. The predicted molar refractivity (Wildman–Crippen MR) is 145 cm³/mol. The van der Waals surface area contributed by atoms with E-state index in [2.05, 4.69) is 26.1 Å². The molecule has 0 saturated heterocycles. The van der Waals surface area contributed by atoms with Crippen LogP contribution in [0.2, 0.25) is 0 Å². The van der Waals surface area contributed by atoms with E-state index in [-0.39, 0.29) is 17.3 Å². The molecule has 2 atom stereocenters. The predicted octanol–water partition coefficient (Wildman–Crippen LogP) is 7.55. The zero-order valence-electron chi connectivity index (χ0n) is 20.8. The Bertz CT molecular complexity index is 1170. The van der Waals surface area contributed by atoms with Crippen LogP contribution in [-0.4, -0.2) is 18.5 Å². The van der Waals surface area contributed by atoms with Crippen LogP contribution in [-0.2, 0) is 22.4 Å². The third-order valence-electron chi connectivity index (χ3n) is 6.54. The number of nitrogens with one attached hydrogen (secondary N) is 1. The first-order valence-electron chi connectivity index (χ1n) is 12.2. The van der Waals surface area contributed by atoms with Gasteiger partial charge in [0, 0.05) is 9.77 Å². The van der Waals surface area contributed by atoms with Crippen LogP contribution in [0.15, 0.2) is 65.6 Å². The number of benzene rings is 2. The number of carbonyl (C=O) groups is 2. The molecule has 1 aromatic heterocycles. The summed E-state index contributed by atoms with van der Waals surface area (Å²) in [5, 5.41) is 3.30. The monoisotopic (exact) mass is 507 g/mol.